The van der Waals surface area contributed by atoms with E-state index in [1.54, 1.807) is 31.5 Å². The highest BCUT2D eigenvalue weighted by atomic mass is 19.1. The minimum absolute atomic E-state index is 0.0182. The predicted molar refractivity (Wildman–Crippen MR) is 175 cm³/mol. The number of nitrogens with zero attached hydrogens (tertiary/aromatic N) is 5. The van der Waals surface area contributed by atoms with E-state index in [1.165, 1.54) is 11.0 Å². The first-order chi connectivity index (χ1) is 21.7. The molecule has 10 nitrogen and oxygen atoms in total. The Morgan fingerprint density at radius 3 is 2.58 bits per heavy atom. The van der Waals surface area contributed by atoms with E-state index < -0.39 is 18.0 Å². The van der Waals surface area contributed by atoms with Crippen molar-refractivity contribution in [1.29, 1.82) is 0 Å². The molecule has 1 aliphatic rings. The van der Waals surface area contributed by atoms with Crippen molar-refractivity contribution >= 4 is 23.5 Å². The van der Waals surface area contributed by atoms with E-state index in [0.29, 0.717) is 31.1 Å². The zero-order valence-corrected chi connectivity index (χ0v) is 27.4. The fourth-order valence-electron chi connectivity index (χ4n) is 5.34. The predicted octanol–water partition coefficient (Wildman–Crippen LogP) is 6.44. The molecule has 3 aromatic rings. The summed E-state index contributed by atoms with van der Waals surface area (Å²) < 4.78 is 32.2. The van der Waals surface area contributed by atoms with Crippen LogP contribution >= 0.6 is 0 Å². The summed E-state index contributed by atoms with van der Waals surface area (Å²) in [5, 5.41) is 3.05. The number of methoxy groups -OCH3 is 1. The van der Waals surface area contributed by atoms with Crippen molar-refractivity contribution in [2.75, 3.05) is 70.2 Å². The Morgan fingerprint density at radius 1 is 1.11 bits per heavy atom. The summed E-state index contributed by atoms with van der Waals surface area (Å²) in [7, 11) is 3.76. The highest BCUT2D eigenvalue weighted by Crippen LogP contribution is 2.34. The molecule has 0 spiro atoms. The maximum absolute atomic E-state index is 14.9. The van der Waals surface area contributed by atoms with Gasteiger partial charge in [0, 0.05) is 57.2 Å². The minimum Gasteiger partial charge on any atom is -0.496 e. The Balaban J connectivity index is 1.39. The molecule has 2 aromatic carbocycles. The van der Waals surface area contributed by atoms with Crippen LogP contribution in [0.1, 0.15) is 50.8 Å². The molecule has 1 atom stereocenters. The number of rotatable bonds is 14. The van der Waals surface area contributed by atoms with Crippen LogP contribution in [-0.4, -0.2) is 85.9 Å². The van der Waals surface area contributed by atoms with E-state index in [2.05, 4.69) is 32.1 Å². The molecule has 0 radical (unpaired) electrons. The van der Waals surface area contributed by atoms with Gasteiger partial charge in [-0.3, -0.25) is 4.90 Å². The lowest BCUT2D eigenvalue weighted by Crippen LogP contribution is -2.44. The summed E-state index contributed by atoms with van der Waals surface area (Å²) in [4.78, 5) is 28.7. The van der Waals surface area contributed by atoms with Crippen molar-refractivity contribution in [2.45, 2.75) is 46.6 Å². The van der Waals surface area contributed by atoms with Gasteiger partial charge in [0.05, 0.1) is 13.7 Å². The molecule has 45 heavy (non-hydrogen) atoms. The fraction of sp³-hybridized carbons (Fsp3) is 0.500. The average molecular weight is 623 g/mol. The second kappa shape index (κ2) is 16.4. The molecule has 1 unspecified atom stereocenters. The van der Waals surface area contributed by atoms with Gasteiger partial charge in [0.25, 0.3) is 0 Å². The molecule has 1 fully saturated rings. The van der Waals surface area contributed by atoms with Crippen molar-refractivity contribution in [3.8, 4) is 11.5 Å². The van der Waals surface area contributed by atoms with Gasteiger partial charge in [0.15, 0.2) is 11.6 Å². The summed E-state index contributed by atoms with van der Waals surface area (Å²) in [6, 6.07) is 12.1. The quantitative estimate of drug-likeness (QED) is 0.204. The summed E-state index contributed by atoms with van der Waals surface area (Å²) in [6.07, 6.45) is 2.08. The number of amides is 1. The van der Waals surface area contributed by atoms with E-state index in [0.717, 1.165) is 56.0 Å². The van der Waals surface area contributed by atoms with Gasteiger partial charge in [-0.2, -0.15) is 4.98 Å². The lowest BCUT2D eigenvalue weighted by atomic mass is 9.94. The Kier molecular flexibility index (Phi) is 12.3. The second-order valence-electron chi connectivity index (χ2n) is 11.7. The van der Waals surface area contributed by atoms with E-state index in [-0.39, 0.29) is 17.6 Å². The molecule has 0 bridgehead atoms. The van der Waals surface area contributed by atoms with Crippen LogP contribution in [0.5, 0.6) is 11.5 Å². The van der Waals surface area contributed by atoms with Crippen molar-refractivity contribution in [3.63, 3.8) is 0 Å². The molecule has 0 aliphatic carbocycles. The molecule has 244 valence electrons. The summed E-state index contributed by atoms with van der Waals surface area (Å²) >= 11 is 0. The number of likely N-dealkylation sites (N-methyl/N-ethyl adjacent to an activating group) is 1. The zero-order chi connectivity index (χ0) is 32.3. The number of nitrogens with one attached hydrogen (secondary N) is 1. The van der Waals surface area contributed by atoms with Gasteiger partial charge in [-0.25, -0.2) is 14.2 Å². The smallest absolute Gasteiger partial charge is 0.416 e. The first-order valence-corrected chi connectivity index (χ1v) is 15.7. The number of carbonyl (C=O) groups is 1. The monoisotopic (exact) mass is 622 g/mol. The number of halogens is 1. The van der Waals surface area contributed by atoms with Crippen LogP contribution in [0, 0.1) is 18.7 Å². The number of aromatic nitrogens is 2. The van der Waals surface area contributed by atoms with E-state index in [9.17, 15) is 9.18 Å². The standard InChI is InChI=1S/C34H47FN6O4/c1-7-16-41(34(42)45-32(24(2)3)27-10-8-11-29(43-6)25(27)4)31-14-15-36-33(38-31)37-26-12-13-30(28(35)23-26)44-22-9-17-40-20-18-39(5)19-21-40/h8,10-15,23-24,32H,7,9,16-22H2,1-6H3,(H,36,37,38). The van der Waals surface area contributed by atoms with Crippen LogP contribution in [0.4, 0.5) is 26.6 Å². The molecule has 1 amide bonds. The van der Waals surface area contributed by atoms with Gasteiger partial charge in [-0.05, 0) is 68.1 Å². The van der Waals surface area contributed by atoms with Crippen molar-refractivity contribution < 1.29 is 23.4 Å². The maximum Gasteiger partial charge on any atom is 0.416 e. The molecular formula is C34H47FN6O4. The van der Waals surface area contributed by atoms with E-state index in [1.807, 2.05) is 45.9 Å². The van der Waals surface area contributed by atoms with Crippen LogP contribution in [0.25, 0.3) is 0 Å². The normalized spacial score (nSPS) is 14.7. The number of benzene rings is 2. The number of carbonyl (C=O) groups excluding carboxylic acids is 1. The number of piperazine rings is 1. The van der Waals surface area contributed by atoms with Crippen LogP contribution in [0.2, 0.25) is 0 Å². The lowest BCUT2D eigenvalue weighted by Gasteiger charge is -2.32. The van der Waals surface area contributed by atoms with Crippen LogP contribution in [0.3, 0.4) is 0 Å². The van der Waals surface area contributed by atoms with Gasteiger partial charge < -0.3 is 29.3 Å². The van der Waals surface area contributed by atoms with Gasteiger partial charge >= 0.3 is 6.09 Å². The SMILES string of the molecule is CCCN(C(=O)OC(c1cccc(OC)c1C)C(C)C)c1ccnc(Nc2ccc(OCCCN3CCN(C)CC3)c(F)c2)n1. The topological polar surface area (TPSA) is 92.3 Å². The van der Waals surface area contributed by atoms with Crippen molar-refractivity contribution in [3.05, 3.63) is 65.6 Å². The van der Waals surface area contributed by atoms with E-state index in [4.69, 9.17) is 14.2 Å². The molecule has 0 saturated carbocycles. The average Bonchev–Trinajstić information content (AvgIpc) is 3.02. The highest BCUT2D eigenvalue weighted by Gasteiger charge is 2.27. The first kappa shape index (κ1) is 33.9. The van der Waals surface area contributed by atoms with Crippen molar-refractivity contribution in [2.24, 2.45) is 5.92 Å². The molecule has 2 heterocycles. The Bertz CT molecular complexity index is 1400. The molecule has 1 saturated heterocycles. The zero-order valence-electron chi connectivity index (χ0n) is 27.4. The van der Waals surface area contributed by atoms with Crippen LogP contribution in [-0.2, 0) is 4.74 Å². The van der Waals surface area contributed by atoms with Gasteiger partial charge in [-0.1, -0.05) is 32.9 Å². The fourth-order valence-corrected chi connectivity index (χ4v) is 5.34. The molecule has 1 N–H and O–H groups in total. The Labute approximate surface area is 266 Å². The highest BCUT2D eigenvalue weighted by molar-refractivity contribution is 5.86. The molecule has 1 aliphatic heterocycles. The number of hydrogen-bond donors (Lipinski definition) is 1. The summed E-state index contributed by atoms with van der Waals surface area (Å²) in [5.41, 5.74) is 2.28. The molecule has 4 rings (SSSR count). The third-order valence-electron chi connectivity index (χ3n) is 7.93. The third kappa shape index (κ3) is 9.27. The molecule has 11 heteroatoms. The number of hydrogen-bond acceptors (Lipinski definition) is 9. The Hall–Kier alpha value is -3.96. The minimum atomic E-state index is -0.511. The second-order valence-corrected chi connectivity index (χ2v) is 11.7. The lowest BCUT2D eigenvalue weighted by molar-refractivity contribution is 0.0756. The largest absolute Gasteiger partial charge is 0.496 e. The first-order valence-electron chi connectivity index (χ1n) is 15.7. The van der Waals surface area contributed by atoms with Gasteiger partial charge in [-0.15, -0.1) is 0 Å². The van der Waals surface area contributed by atoms with Crippen LogP contribution in [0.15, 0.2) is 48.7 Å². The molecule has 1 aromatic heterocycles. The van der Waals surface area contributed by atoms with Crippen LogP contribution < -0.4 is 19.7 Å². The number of ether oxygens (including phenoxy) is 3. The van der Waals surface area contributed by atoms with Crippen molar-refractivity contribution in [1.82, 2.24) is 19.8 Å². The number of anilines is 3. The Morgan fingerprint density at radius 2 is 1.89 bits per heavy atom. The van der Waals surface area contributed by atoms with Gasteiger partial charge in [0.1, 0.15) is 17.7 Å². The maximum atomic E-state index is 14.9. The summed E-state index contributed by atoms with van der Waals surface area (Å²) in [5.74, 6) is 1.10. The molecular weight excluding hydrogens is 575 g/mol. The van der Waals surface area contributed by atoms with Gasteiger partial charge in [0.2, 0.25) is 5.95 Å². The van der Waals surface area contributed by atoms with E-state index >= 15 is 0 Å². The third-order valence-corrected chi connectivity index (χ3v) is 7.93. The summed E-state index contributed by atoms with van der Waals surface area (Å²) in [6.45, 7) is 14.0.